The van der Waals surface area contributed by atoms with Crippen LogP contribution in [0.5, 0.6) is 0 Å². The van der Waals surface area contributed by atoms with Gasteiger partial charge in [-0.15, -0.1) is 0 Å². The van der Waals surface area contributed by atoms with Crippen molar-refractivity contribution in [3.05, 3.63) is 24.0 Å². The molecule has 0 aliphatic rings. The highest BCUT2D eigenvalue weighted by Gasteiger charge is 2.22. The van der Waals surface area contributed by atoms with E-state index in [1.165, 1.54) is 46.5 Å². The van der Waals surface area contributed by atoms with Crippen LogP contribution in [0, 0.1) is 0 Å². The quantitative estimate of drug-likeness (QED) is 0.314. The number of carbonyl (C=O) groups excluding carboxylic acids is 4. The van der Waals surface area contributed by atoms with Crippen LogP contribution in [-0.4, -0.2) is 53.5 Å². The number of hydrogen-bond acceptors (Lipinski definition) is 12. The molecule has 4 amide bonds. The van der Waals surface area contributed by atoms with Gasteiger partial charge >= 0.3 is 0 Å². The van der Waals surface area contributed by atoms with Gasteiger partial charge in [0.05, 0.1) is 16.0 Å². The third kappa shape index (κ3) is 7.80. The molecule has 37 heavy (non-hydrogen) atoms. The van der Waals surface area contributed by atoms with Crippen molar-refractivity contribution in [2.75, 3.05) is 21.3 Å². The minimum atomic E-state index is -0.401. The van der Waals surface area contributed by atoms with Gasteiger partial charge in [-0.25, -0.2) is 29.9 Å². The maximum Gasteiger partial charge on any atom is 0.222 e. The molecule has 0 aliphatic heterocycles. The lowest BCUT2D eigenvalue weighted by molar-refractivity contribution is -0.115. The first-order valence-corrected chi connectivity index (χ1v) is 12.2. The van der Waals surface area contributed by atoms with Crippen molar-refractivity contribution in [2.24, 2.45) is 0 Å². The van der Waals surface area contributed by atoms with E-state index in [0.29, 0.717) is 0 Å². The molecule has 0 saturated carbocycles. The largest absolute Gasteiger partial charge is 0.310 e. The van der Waals surface area contributed by atoms with E-state index in [9.17, 15) is 19.2 Å². The first-order valence-electron chi connectivity index (χ1n) is 10.2. The molecule has 4 N–H and O–H groups in total. The van der Waals surface area contributed by atoms with Crippen LogP contribution in [0.2, 0.25) is 5.15 Å². The smallest absolute Gasteiger partial charge is 0.222 e. The second-order valence-corrected chi connectivity index (χ2v) is 9.42. The van der Waals surface area contributed by atoms with Crippen LogP contribution in [0.15, 0.2) is 38.7 Å². The van der Waals surface area contributed by atoms with E-state index >= 15 is 0 Å². The Labute approximate surface area is 223 Å². The molecule has 0 unspecified atom stereocenters. The highest BCUT2D eigenvalue weighted by molar-refractivity contribution is 8.02. The highest BCUT2D eigenvalue weighted by atomic mass is 35.5. The van der Waals surface area contributed by atoms with Gasteiger partial charge in [-0.2, -0.15) is 0 Å². The molecule has 3 rings (SSSR count). The Morgan fingerprint density at radius 1 is 0.622 bits per heavy atom. The standard InChI is InChI=1S/C20H19ClN10O4S2/c1-8(32)27-15-13(16(24-6-23-15)28-9(2)33)36-19-20(31-12(21)5-22-19)37-14-17(29-10(3)34)25-7-26-18(14)30-11(4)35/h5-7H,1-4H3,(H2,23,24,27,28,32,33)(H2,25,26,29,30,34,35). The van der Waals surface area contributed by atoms with E-state index in [0.717, 1.165) is 23.5 Å². The van der Waals surface area contributed by atoms with Gasteiger partial charge in [-0.3, -0.25) is 19.2 Å². The maximum atomic E-state index is 11.8. The SMILES string of the molecule is CC(=O)Nc1ncnc(NC(C)=O)c1Sc1ncc(Cl)nc1Sc1c(NC(C)=O)ncnc1NC(C)=O. The van der Waals surface area contributed by atoms with Gasteiger partial charge in [0.1, 0.15) is 27.9 Å². The average Bonchev–Trinajstić information content (AvgIpc) is 2.78. The number of halogens is 1. The molecule has 0 radical (unpaired) electrons. The van der Waals surface area contributed by atoms with E-state index in [1.54, 1.807) is 0 Å². The number of nitrogens with one attached hydrogen (secondary N) is 4. The van der Waals surface area contributed by atoms with Gasteiger partial charge in [-0.05, 0) is 0 Å². The van der Waals surface area contributed by atoms with Crippen molar-refractivity contribution in [3.63, 3.8) is 0 Å². The average molecular weight is 563 g/mol. The third-order valence-electron chi connectivity index (χ3n) is 3.86. The van der Waals surface area contributed by atoms with E-state index in [4.69, 9.17) is 11.6 Å². The van der Waals surface area contributed by atoms with Crippen molar-refractivity contribution in [3.8, 4) is 0 Å². The molecule has 17 heteroatoms. The first-order chi connectivity index (χ1) is 17.5. The summed E-state index contributed by atoms with van der Waals surface area (Å²) >= 11 is 8.10. The number of carbonyl (C=O) groups is 4. The zero-order chi connectivity index (χ0) is 27.1. The number of hydrogen-bond donors (Lipinski definition) is 4. The molecule has 0 saturated heterocycles. The van der Waals surface area contributed by atoms with Gasteiger partial charge in [0, 0.05) is 27.7 Å². The van der Waals surface area contributed by atoms with Crippen LogP contribution in [-0.2, 0) is 19.2 Å². The molecule has 0 atom stereocenters. The van der Waals surface area contributed by atoms with E-state index in [-0.39, 0.29) is 48.3 Å². The Bertz CT molecular complexity index is 1320. The molecule has 3 aromatic heterocycles. The molecule has 0 bridgehead atoms. The molecule has 0 aromatic carbocycles. The summed E-state index contributed by atoms with van der Waals surface area (Å²) in [6, 6.07) is 0. The van der Waals surface area contributed by atoms with Crippen LogP contribution < -0.4 is 21.3 Å². The molecule has 3 aromatic rings. The summed E-state index contributed by atoms with van der Waals surface area (Å²) in [7, 11) is 0. The number of amides is 4. The Morgan fingerprint density at radius 3 is 1.32 bits per heavy atom. The van der Waals surface area contributed by atoms with Crippen LogP contribution in [0.25, 0.3) is 0 Å². The molecule has 0 spiro atoms. The van der Waals surface area contributed by atoms with Crippen molar-refractivity contribution in [2.45, 2.75) is 47.5 Å². The Kier molecular flexibility index (Phi) is 9.26. The number of anilines is 4. The van der Waals surface area contributed by atoms with Gasteiger partial charge in [0.2, 0.25) is 23.6 Å². The van der Waals surface area contributed by atoms with E-state index in [2.05, 4.69) is 51.2 Å². The predicted molar refractivity (Wildman–Crippen MR) is 137 cm³/mol. The fourth-order valence-corrected chi connectivity index (χ4v) is 4.78. The summed E-state index contributed by atoms with van der Waals surface area (Å²) in [6.07, 6.45) is 3.67. The minimum absolute atomic E-state index is 0.0549. The lowest BCUT2D eigenvalue weighted by Gasteiger charge is -2.15. The summed E-state index contributed by atoms with van der Waals surface area (Å²) in [4.78, 5) is 72.6. The fourth-order valence-electron chi connectivity index (χ4n) is 2.63. The summed E-state index contributed by atoms with van der Waals surface area (Å²) in [5, 5.41) is 10.9. The van der Waals surface area contributed by atoms with Crippen molar-refractivity contribution in [1.29, 1.82) is 0 Å². The lowest BCUT2D eigenvalue weighted by Crippen LogP contribution is -2.14. The second kappa shape index (κ2) is 12.4. The Balaban J connectivity index is 2.12. The number of nitrogens with zero attached hydrogens (tertiary/aromatic N) is 6. The minimum Gasteiger partial charge on any atom is -0.310 e. The molecule has 0 aliphatic carbocycles. The normalized spacial score (nSPS) is 10.4. The molecule has 3 heterocycles. The van der Waals surface area contributed by atoms with Crippen molar-refractivity contribution >= 4 is 82.0 Å². The summed E-state index contributed by atoms with van der Waals surface area (Å²) in [6.45, 7) is 5.22. The zero-order valence-corrected chi connectivity index (χ0v) is 22.1. The topological polar surface area (TPSA) is 194 Å². The van der Waals surface area contributed by atoms with Crippen molar-refractivity contribution < 1.29 is 19.2 Å². The predicted octanol–water partition coefficient (Wildman–Crippen LogP) is 2.85. The first kappa shape index (κ1) is 27.7. The Hall–Kier alpha value is -3.89. The summed E-state index contributed by atoms with van der Waals surface area (Å²) in [5.74, 6) is -1.09. The summed E-state index contributed by atoms with van der Waals surface area (Å²) < 4.78 is 0. The molecule has 14 nitrogen and oxygen atoms in total. The van der Waals surface area contributed by atoms with Gasteiger partial charge < -0.3 is 21.3 Å². The van der Waals surface area contributed by atoms with Gasteiger partial charge in [-0.1, -0.05) is 35.1 Å². The molecule has 0 fully saturated rings. The van der Waals surface area contributed by atoms with Crippen molar-refractivity contribution in [1.82, 2.24) is 29.9 Å². The fraction of sp³-hybridized carbons (Fsp3) is 0.200. The number of aromatic nitrogens is 6. The summed E-state index contributed by atoms with van der Waals surface area (Å²) in [5.41, 5.74) is 0. The third-order valence-corrected chi connectivity index (χ3v) is 6.33. The molecule has 192 valence electrons. The van der Waals surface area contributed by atoms with Crippen LogP contribution >= 0.6 is 35.1 Å². The highest BCUT2D eigenvalue weighted by Crippen LogP contribution is 2.44. The Morgan fingerprint density at radius 2 is 0.973 bits per heavy atom. The van der Waals surface area contributed by atoms with Crippen LogP contribution in [0.1, 0.15) is 27.7 Å². The second-order valence-electron chi connectivity index (χ2n) is 7.03. The van der Waals surface area contributed by atoms with E-state index in [1.807, 2.05) is 0 Å². The van der Waals surface area contributed by atoms with Crippen LogP contribution in [0.4, 0.5) is 23.3 Å². The van der Waals surface area contributed by atoms with E-state index < -0.39 is 23.6 Å². The van der Waals surface area contributed by atoms with Gasteiger partial charge in [0.15, 0.2) is 23.3 Å². The molecular formula is C20H19ClN10O4S2. The maximum absolute atomic E-state index is 11.8. The molecular weight excluding hydrogens is 544 g/mol. The lowest BCUT2D eigenvalue weighted by atomic mass is 10.5. The monoisotopic (exact) mass is 562 g/mol. The zero-order valence-electron chi connectivity index (χ0n) is 19.7. The van der Waals surface area contributed by atoms with Gasteiger partial charge in [0.25, 0.3) is 0 Å². The number of rotatable bonds is 8. The van der Waals surface area contributed by atoms with Crippen LogP contribution in [0.3, 0.4) is 0 Å².